The van der Waals surface area contributed by atoms with E-state index < -0.39 is 59.9 Å². The number of benzene rings is 2. The maximum absolute atomic E-state index is 13.1. The van der Waals surface area contributed by atoms with Gasteiger partial charge in [0, 0.05) is 17.7 Å². The van der Waals surface area contributed by atoms with Crippen LogP contribution >= 0.6 is 23.2 Å². The molecule has 0 heterocycles. The van der Waals surface area contributed by atoms with Gasteiger partial charge in [-0.25, -0.2) is 4.79 Å². The molecule has 0 aliphatic rings. The minimum Gasteiger partial charge on any atom is -0.462 e. The average molecular weight is 455 g/mol. The average Bonchev–Trinajstić information content (AvgIpc) is 2.66. The number of aryl methyl sites for hydroxylation is 1. The first-order valence-corrected chi connectivity index (χ1v) is 8.95. The number of halogens is 2. The number of hydrogen-bond acceptors (Lipinski definition) is 8. The Morgan fingerprint density at radius 1 is 1.03 bits per heavy atom. The van der Waals surface area contributed by atoms with Crippen LogP contribution in [0.3, 0.4) is 0 Å². The highest BCUT2D eigenvalue weighted by Crippen LogP contribution is 2.37. The highest BCUT2D eigenvalue weighted by atomic mass is 35.5. The topological polar surface area (TPSA) is 147 Å². The van der Waals surface area contributed by atoms with Crippen molar-refractivity contribution in [2.45, 2.75) is 13.8 Å². The van der Waals surface area contributed by atoms with Gasteiger partial charge in [-0.3, -0.25) is 29.8 Å². The number of nitro benzene ring substituents is 2. The van der Waals surface area contributed by atoms with Crippen molar-refractivity contribution in [3.8, 4) is 0 Å². The molecule has 0 radical (unpaired) electrons. The molecule has 0 bridgehead atoms. The second kappa shape index (κ2) is 8.97. The maximum Gasteiger partial charge on any atom is 0.340 e. The van der Waals surface area contributed by atoms with Crippen molar-refractivity contribution in [2.75, 3.05) is 6.61 Å². The lowest BCUT2D eigenvalue weighted by molar-refractivity contribution is -0.385. The molecule has 0 unspecified atom stereocenters. The van der Waals surface area contributed by atoms with Gasteiger partial charge in [-0.05, 0) is 31.0 Å². The molecular weight excluding hydrogens is 443 g/mol. The number of nitrogens with zero attached hydrogens (tertiary/aromatic N) is 2. The van der Waals surface area contributed by atoms with E-state index in [9.17, 15) is 34.6 Å². The van der Waals surface area contributed by atoms with Gasteiger partial charge in [-0.2, -0.15) is 0 Å². The first kappa shape index (κ1) is 22.9. The predicted molar refractivity (Wildman–Crippen MR) is 106 cm³/mol. The van der Waals surface area contributed by atoms with Crippen molar-refractivity contribution >= 4 is 51.6 Å². The molecule has 156 valence electrons. The lowest BCUT2D eigenvalue weighted by Gasteiger charge is -2.13. The summed E-state index contributed by atoms with van der Waals surface area (Å²) in [5, 5.41) is 20.8. The number of hydrogen-bond donors (Lipinski definition) is 0. The second-order valence-corrected chi connectivity index (χ2v) is 6.54. The molecule has 0 atom stereocenters. The fourth-order valence-corrected chi connectivity index (χ4v) is 3.29. The Balaban J connectivity index is 2.94. The molecule has 0 spiro atoms. The number of esters is 1. The Hall–Kier alpha value is -3.37. The summed E-state index contributed by atoms with van der Waals surface area (Å²) < 4.78 is 4.78. The van der Waals surface area contributed by atoms with Crippen molar-refractivity contribution in [2.24, 2.45) is 0 Å². The highest BCUT2D eigenvalue weighted by molar-refractivity contribution is 6.69. The van der Waals surface area contributed by atoms with Gasteiger partial charge in [0.05, 0.1) is 27.0 Å². The summed E-state index contributed by atoms with van der Waals surface area (Å²) in [7, 11) is 0. The van der Waals surface area contributed by atoms with Crippen LogP contribution in [0.25, 0.3) is 0 Å². The van der Waals surface area contributed by atoms with E-state index in [1.807, 2.05) is 0 Å². The minimum atomic E-state index is -1.37. The zero-order valence-electron chi connectivity index (χ0n) is 15.4. The van der Waals surface area contributed by atoms with Crippen molar-refractivity contribution in [1.82, 2.24) is 0 Å². The molecule has 2 aromatic rings. The van der Waals surface area contributed by atoms with Crippen LogP contribution in [0, 0.1) is 27.2 Å². The third-order valence-corrected chi connectivity index (χ3v) is 4.62. The maximum atomic E-state index is 13.1. The van der Waals surface area contributed by atoms with Crippen LogP contribution < -0.4 is 0 Å². The Labute approximate surface area is 178 Å². The number of carbonyl (C=O) groups is 3. The third kappa shape index (κ3) is 4.14. The van der Waals surface area contributed by atoms with Crippen molar-refractivity contribution in [3.63, 3.8) is 0 Å². The Morgan fingerprint density at radius 3 is 2.13 bits per heavy atom. The van der Waals surface area contributed by atoms with Crippen LogP contribution in [-0.4, -0.2) is 33.4 Å². The molecule has 12 heteroatoms. The van der Waals surface area contributed by atoms with E-state index in [-0.39, 0.29) is 17.7 Å². The van der Waals surface area contributed by atoms with Crippen molar-refractivity contribution < 1.29 is 29.0 Å². The zero-order chi connectivity index (χ0) is 22.7. The molecule has 0 aromatic heterocycles. The molecule has 2 aromatic carbocycles. The summed E-state index contributed by atoms with van der Waals surface area (Å²) in [5.74, 6) is -2.27. The monoisotopic (exact) mass is 454 g/mol. The Kier molecular flexibility index (Phi) is 6.85. The van der Waals surface area contributed by atoms with E-state index in [1.165, 1.54) is 26.0 Å². The van der Waals surface area contributed by atoms with E-state index in [0.717, 1.165) is 6.07 Å². The van der Waals surface area contributed by atoms with Gasteiger partial charge >= 0.3 is 5.97 Å². The van der Waals surface area contributed by atoms with E-state index >= 15 is 0 Å². The van der Waals surface area contributed by atoms with Gasteiger partial charge in [-0.15, -0.1) is 0 Å². The van der Waals surface area contributed by atoms with Gasteiger partial charge in [-0.1, -0.05) is 23.7 Å². The fraction of sp³-hybridized carbons (Fsp3) is 0.167. The van der Waals surface area contributed by atoms with Crippen molar-refractivity contribution in [1.29, 1.82) is 0 Å². The second-order valence-electron chi connectivity index (χ2n) is 5.81. The molecule has 0 saturated carbocycles. The molecule has 0 saturated heterocycles. The first-order chi connectivity index (χ1) is 14.0. The van der Waals surface area contributed by atoms with E-state index in [0.29, 0.717) is 6.07 Å². The van der Waals surface area contributed by atoms with Gasteiger partial charge < -0.3 is 4.74 Å². The summed E-state index contributed by atoms with van der Waals surface area (Å²) in [5.41, 5.74) is -3.92. The van der Waals surface area contributed by atoms with Gasteiger partial charge in [0.1, 0.15) is 11.1 Å². The molecule has 0 amide bonds. The molecule has 10 nitrogen and oxygen atoms in total. The number of ether oxygens (including phenoxy) is 1. The summed E-state index contributed by atoms with van der Waals surface area (Å²) in [6.45, 7) is 2.69. The third-order valence-electron chi connectivity index (χ3n) is 4.04. The molecule has 0 aliphatic heterocycles. The number of nitro groups is 2. The van der Waals surface area contributed by atoms with Crippen LogP contribution in [0.5, 0.6) is 0 Å². The van der Waals surface area contributed by atoms with Crippen LogP contribution in [0.15, 0.2) is 24.3 Å². The van der Waals surface area contributed by atoms with Gasteiger partial charge in [0.25, 0.3) is 16.6 Å². The minimum absolute atomic E-state index is 0.166. The molecule has 2 rings (SSSR count). The van der Waals surface area contributed by atoms with Crippen LogP contribution in [0.4, 0.5) is 11.4 Å². The summed E-state index contributed by atoms with van der Waals surface area (Å²) in [6, 6.07) is 4.50. The molecule has 30 heavy (non-hydrogen) atoms. The molecular formula is C18H12Cl2N2O8. The van der Waals surface area contributed by atoms with Crippen molar-refractivity contribution in [3.05, 3.63) is 77.3 Å². The lowest BCUT2D eigenvalue weighted by atomic mass is 9.93. The normalized spacial score (nSPS) is 10.4. The van der Waals surface area contributed by atoms with Crippen LogP contribution in [0.1, 0.15) is 49.1 Å². The Bertz CT molecular complexity index is 1110. The molecule has 0 aliphatic carbocycles. The smallest absolute Gasteiger partial charge is 0.340 e. The van der Waals surface area contributed by atoms with Crippen LogP contribution in [0.2, 0.25) is 5.02 Å². The van der Waals surface area contributed by atoms with E-state index in [4.69, 9.17) is 27.9 Å². The largest absolute Gasteiger partial charge is 0.462 e. The SMILES string of the molecule is CCOC(=O)c1c(Cl)c(C(=O)c2c(C)cccc2[N+](=O)[O-])cc([N+](=O)[O-])c1C(=O)Cl. The highest BCUT2D eigenvalue weighted by Gasteiger charge is 2.35. The van der Waals surface area contributed by atoms with E-state index in [1.54, 1.807) is 0 Å². The van der Waals surface area contributed by atoms with Gasteiger partial charge in [0.2, 0.25) is 5.78 Å². The molecule has 0 fully saturated rings. The standard InChI is InChI=1S/C18H12Cl2N2O8/c1-3-30-18(25)14-13(17(20)24)11(22(28)29)7-9(15(14)19)16(23)12-8(2)5-4-6-10(12)21(26)27/h4-7H,3H2,1-2H3. The summed E-state index contributed by atoms with van der Waals surface area (Å²) >= 11 is 11.6. The number of ketones is 1. The number of rotatable bonds is 7. The summed E-state index contributed by atoms with van der Waals surface area (Å²) in [4.78, 5) is 58.3. The first-order valence-electron chi connectivity index (χ1n) is 8.19. The van der Waals surface area contributed by atoms with Gasteiger partial charge in [0.15, 0.2) is 0 Å². The predicted octanol–water partition coefficient (Wildman–Crippen LogP) is 4.25. The zero-order valence-corrected chi connectivity index (χ0v) is 16.9. The number of carbonyl (C=O) groups excluding carboxylic acids is 3. The lowest BCUT2D eigenvalue weighted by Crippen LogP contribution is -2.17. The van der Waals surface area contributed by atoms with E-state index in [2.05, 4.69) is 0 Å². The quantitative estimate of drug-likeness (QED) is 0.198. The summed E-state index contributed by atoms with van der Waals surface area (Å²) in [6.07, 6.45) is 0. The Morgan fingerprint density at radius 2 is 1.63 bits per heavy atom. The van der Waals surface area contributed by atoms with Crippen LogP contribution in [-0.2, 0) is 4.74 Å². The molecule has 0 N–H and O–H groups in total. The fourth-order valence-electron chi connectivity index (χ4n) is 2.78.